The zero-order chi connectivity index (χ0) is 13.7. The fourth-order valence-electron chi connectivity index (χ4n) is 2.51. The molecule has 0 spiro atoms. The number of nitrogens with two attached hydrogens (primary N) is 1. The van der Waals surface area contributed by atoms with Crippen LogP contribution in [0.25, 0.3) is 0 Å². The highest BCUT2D eigenvalue weighted by molar-refractivity contribution is 7.10. The van der Waals surface area contributed by atoms with Crippen molar-refractivity contribution in [2.75, 3.05) is 19.6 Å². The zero-order valence-corrected chi connectivity index (χ0v) is 12.3. The smallest absolute Gasteiger partial charge is 0.242 e. The number of hydrogen-bond donors (Lipinski definition) is 2. The molecule has 2 heterocycles. The summed E-state index contributed by atoms with van der Waals surface area (Å²) in [6, 6.07) is 3.61. The Morgan fingerprint density at radius 1 is 1.58 bits per heavy atom. The summed E-state index contributed by atoms with van der Waals surface area (Å²) in [6.07, 6.45) is 3.26. The minimum atomic E-state index is -0.520. The summed E-state index contributed by atoms with van der Waals surface area (Å²) < 4.78 is 0. The van der Waals surface area contributed by atoms with Crippen molar-refractivity contribution in [1.29, 1.82) is 0 Å². The van der Waals surface area contributed by atoms with Gasteiger partial charge < -0.3 is 16.0 Å². The Balaban J connectivity index is 1.77. The van der Waals surface area contributed by atoms with Crippen LogP contribution in [0, 0.1) is 0 Å². The molecule has 1 unspecified atom stereocenters. The number of amides is 1. The van der Waals surface area contributed by atoms with Gasteiger partial charge in [0.25, 0.3) is 0 Å². The van der Waals surface area contributed by atoms with Gasteiger partial charge in [-0.05, 0) is 37.3 Å². The van der Waals surface area contributed by atoms with Crippen molar-refractivity contribution in [2.45, 2.75) is 38.3 Å². The van der Waals surface area contributed by atoms with E-state index in [-0.39, 0.29) is 11.9 Å². The molecule has 1 amide bonds. The summed E-state index contributed by atoms with van der Waals surface area (Å²) in [6.45, 7) is 5.52. The quantitative estimate of drug-likeness (QED) is 0.864. The fourth-order valence-corrected chi connectivity index (χ4v) is 3.23. The van der Waals surface area contributed by atoms with Crippen molar-refractivity contribution in [2.24, 2.45) is 5.73 Å². The van der Waals surface area contributed by atoms with Gasteiger partial charge in [-0.25, -0.2) is 0 Å². The van der Waals surface area contributed by atoms with Gasteiger partial charge >= 0.3 is 0 Å². The molecule has 106 valence electrons. The number of rotatable bonds is 5. The highest BCUT2D eigenvalue weighted by Crippen LogP contribution is 2.18. The van der Waals surface area contributed by atoms with E-state index in [1.165, 1.54) is 17.8 Å². The summed E-state index contributed by atoms with van der Waals surface area (Å²) in [5, 5.41) is 5.04. The predicted molar refractivity (Wildman–Crippen MR) is 79.1 cm³/mol. The number of nitrogens with zero attached hydrogens (tertiary/aromatic N) is 1. The van der Waals surface area contributed by atoms with Gasteiger partial charge in [0.15, 0.2) is 0 Å². The monoisotopic (exact) mass is 281 g/mol. The van der Waals surface area contributed by atoms with E-state index in [2.05, 4.69) is 17.1 Å². The minimum Gasteiger partial charge on any atom is -0.352 e. The van der Waals surface area contributed by atoms with Crippen LogP contribution in [0.1, 0.15) is 37.1 Å². The van der Waals surface area contributed by atoms with E-state index in [0.717, 1.165) is 37.4 Å². The minimum absolute atomic E-state index is 0.0450. The SMILES string of the molecule is CCCN1CCC(NC(=O)C(N)c2cccs2)CC1. The van der Waals surface area contributed by atoms with E-state index in [4.69, 9.17) is 5.73 Å². The first-order chi connectivity index (χ1) is 9.20. The van der Waals surface area contributed by atoms with Crippen molar-refractivity contribution in [1.82, 2.24) is 10.2 Å². The Labute approximate surface area is 119 Å². The van der Waals surface area contributed by atoms with E-state index < -0.39 is 6.04 Å². The lowest BCUT2D eigenvalue weighted by atomic mass is 10.0. The number of carbonyl (C=O) groups excluding carboxylic acids is 1. The summed E-state index contributed by atoms with van der Waals surface area (Å²) in [4.78, 5) is 15.5. The molecule has 1 aliphatic rings. The summed E-state index contributed by atoms with van der Waals surface area (Å²) in [5.41, 5.74) is 5.96. The van der Waals surface area contributed by atoms with Gasteiger partial charge in [-0.1, -0.05) is 13.0 Å². The maximum absolute atomic E-state index is 12.1. The third-order valence-corrected chi connectivity index (χ3v) is 4.56. The number of carbonyl (C=O) groups is 1. The Kier molecular flexibility index (Phi) is 5.36. The first-order valence-electron chi connectivity index (χ1n) is 7.02. The number of thiophene rings is 1. The molecule has 19 heavy (non-hydrogen) atoms. The van der Waals surface area contributed by atoms with E-state index in [1.54, 1.807) is 0 Å². The standard InChI is InChI=1S/C14H23N3OS/c1-2-7-17-8-5-11(6-9-17)16-14(18)13(15)12-4-3-10-19-12/h3-4,10-11,13H,2,5-9,15H2,1H3,(H,16,18). The molecule has 1 aliphatic heterocycles. The van der Waals surface area contributed by atoms with Gasteiger partial charge in [0, 0.05) is 24.0 Å². The topological polar surface area (TPSA) is 58.4 Å². The normalized spacial score (nSPS) is 19.3. The molecule has 1 aromatic heterocycles. The van der Waals surface area contributed by atoms with Crippen LogP contribution in [-0.2, 0) is 4.79 Å². The van der Waals surface area contributed by atoms with Gasteiger partial charge in [0.05, 0.1) is 0 Å². The van der Waals surface area contributed by atoms with Crippen molar-refractivity contribution < 1.29 is 4.79 Å². The average molecular weight is 281 g/mol. The van der Waals surface area contributed by atoms with E-state index in [1.807, 2.05) is 17.5 Å². The number of piperidine rings is 1. The highest BCUT2D eigenvalue weighted by Gasteiger charge is 2.23. The molecule has 0 saturated carbocycles. The summed E-state index contributed by atoms with van der Waals surface area (Å²) in [7, 11) is 0. The molecule has 1 aromatic rings. The highest BCUT2D eigenvalue weighted by atomic mass is 32.1. The van der Waals surface area contributed by atoms with Gasteiger partial charge in [0.1, 0.15) is 6.04 Å². The number of hydrogen-bond acceptors (Lipinski definition) is 4. The molecule has 1 atom stereocenters. The Bertz CT molecular complexity index is 385. The first-order valence-corrected chi connectivity index (χ1v) is 7.90. The molecule has 2 rings (SSSR count). The molecule has 0 aliphatic carbocycles. The Morgan fingerprint density at radius 3 is 2.89 bits per heavy atom. The van der Waals surface area contributed by atoms with Crippen LogP contribution >= 0.6 is 11.3 Å². The number of nitrogens with one attached hydrogen (secondary N) is 1. The second-order valence-corrected chi connectivity index (χ2v) is 6.10. The van der Waals surface area contributed by atoms with E-state index in [0.29, 0.717) is 0 Å². The Morgan fingerprint density at radius 2 is 2.32 bits per heavy atom. The lowest BCUT2D eigenvalue weighted by Crippen LogP contribution is -2.47. The fraction of sp³-hybridized carbons (Fsp3) is 0.643. The van der Waals surface area contributed by atoms with Gasteiger partial charge in [0.2, 0.25) is 5.91 Å². The van der Waals surface area contributed by atoms with Crippen molar-refractivity contribution in [3.63, 3.8) is 0 Å². The largest absolute Gasteiger partial charge is 0.352 e. The molecule has 3 N–H and O–H groups in total. The van der Waals surface area contributed by atoms with Crippen molar-refractivity contribution in [3.05, 3.63) is 22.4 Å². The molecular formula is C14H23N3OS. The molecule has 0 radical (unpaired) electrons. The van der Waals surface area contributed by atoms with Gasteiger partial charge in [-0.2, -0.15) is 0 Å². The average Bonchev–Trinajstić information content (AvgIpc) is 2.94. The zero-order valence-electron chi connectivity index (χ0n) is 11.5. The summed E-state index contributed by atoms with van der Waals surface area (Å²) in [5.74, 6) is -0.0450. The third-order valence-electron chi connectivity index (χ3n) is 3.61. The lowest BCUT2D eigenvalue weighted by Gasteiger charge is -2.32. The van der Waals surface area contributed by atoms with Gasteiger partial charge in [-0.15, -0.1) is 11.3 Å². The number of likely N-dealkylation sites (tertiary alicyclic amines) is 1. The van der Waals surface area contributed by atoms with E-state index in [9.17, 15) is 4.79 Å². The van der Waals surface area contributed by atoms with Crippen molar-refractivity contribution in [3.8, 4) is 0 Å². The first kappa shape index (κ1) is 14.5. The van der Waals surface area contributed by atoms with Crippen LogP contribution in [0.4, 0.5) is 0 Å². The van der Waals surface area contributed by atoms with E-state index >= 15 is 0 Å². The van der Waals surface area contributed by atoms with Crippen LogP contribution in [0.3, 0.4) is 0 Å². The lowest BCUT2D eigenvalue weighted by molar-refractivity contribution is -0.123. The molecule has 5 heteroatoms. The maximum atomic E-state index is 12.1. The molecule has 0 bridgehead atoms. The third kappa shape index (κ3) is 4.03. The second-order valence-electron chi connectivity index (χ2n) is 5.12. The van der Waals surface area contributed by atoms with Gasteiger partial charge in [-0.3, -0.25) is 4.79 Å². The van der Waals surface area contributed by atoms with Crippen LogP contribution in [0.5, 0.6) is 0 Å². The maximum Gasteiger partial charge on any atom is 0.242 e. The molecule has 1 fully saturated rings. The van der Waals surface area contributed by atoms with Crippen LogP contribution < -0.4 is 11.1 Å². The van der Waals surface area contributed by atoms with Crippen LogP contribution in [0.2, 0.25) is 0 Å². The van der Waals surface area contributed by atoms with Crippen LogP contribution in [0.15, 0.2) is 17.5 Å². The molecule has 4 nitrogen and oxygen atoms in total. The Hall–Kier alpha value is -0.910. The van der Waals surface area contributed by atoms with Crippen LogP contribution in [-0.4, -0.2) is 36.5 Å². The second kappa shape index (κ2) is 7.03. The predicted octanol–water partition coefficient (Wildman–Crippen LogP) is 1.74. The van der Waals surface area contributed by atoms with Crippen molar-refractivity contribution >= 4 is 17.2 Å². The molecular weight excluding hydrogens is 258 g/mol. The molecule has 0 aromatic carbocycles. The molecule has 1 saturated heterocycles. The summed E-state index contributed by atoms with van der Waals surface area (Å²) >= 11 is 1.53.